The second kappa shape index (κ2) is 7.22. The molecule has 0 saturated carbocycles. The zero-order chi connectivity index (χ0) is 20.5. The molecule has 8 nitrogen and oxygen atoms in total. The lowest BCUT2D eigenvalue weighted by Gasteiger charge is -2.29. The van der Waals surface area contributed by atoms with Gasteiger partial charge in [-0.15, -0.1) is 0 Å². The van der Waals surface area contributed by atoms with Gasteiger partial charge in [0.2, 0.25) is 0 Å². The average molecular weight is 380 g/mol. The summed E-state index contributed by atoms with van der Waals surface area (Å²) in [4.78, 5) is 41.4. The van der Waals surface area contributed by atoms with Gasteiger partial charge in [0.05, 0.1) is 16.1 Å². The molecule has 1 atom stereocenters. The third-order valence-electron chi connectivity index (χ3n) is 4.95. The minimum absolute atomic E-state index is 0.0337. The van der Waals surface area contributed by atoms with Gasteiger partial charge in [-0.3, -0.25) is 14.9 Å². The lowest BCUT2D eigenvalue weighted by Crippen LogP contribution is -2.49. The Bertz CT molecular complexity index is 954. The summed E-state index contributed by atoms with van der Waals surface area (Å²) in [5.74, 6) is -0.315. The Kier molecular flexibility index (Phi) is 4.96. The van der Waals surface area contributed by atoms with Crippen LogP contribution in [0, 0.1) is 16.0 Å². The van der Waals surface area contributed by atoms with Crippen molar-refractivity contribution in [2.24, 2.45) is 10.9 Å². The van der Waals surface area contributed by atoms with Gasteiger partial charge < -0.3 is 5.32 Å². The van der Waals surface area contributed by atoms with Gasteiger partial charge in [-0.05, 0) is 37.1 Å². The summed E-state index contributed by atoms with van der Waals surface area (Å²) in [6.07, 6.45) is 0. The summed E-state index contributed by atoms with van der Waals surface area (Å²) in [6, 6.07) is 13.8. The number of anilines is 1. The Hall–Kier alpha value is -3.55. The minimum atomic E-state index is -0.844. The molecule has 1 unspecified atom stereocenters. The summed E-state index contributed by atoms with van der Waals surface area (Å²) >= 11 is 0. The number of urea groups is 1. The normalized spacial score (nSPS) is 20.5. The van der Waals surface area contributed by atoms with Crippen molar-refractivity contribution in [3.05, 3.63) is 70.3 Å². The first kappa shape index (κ1) is 19.2. The molecule has 0 aromatic heterocycles. The summed E-state index contributed by atoms with van der Waals surface area (Å²) in [5.41, 5.74) is -0.153. The van der Waals surface area contributed by atoms with Crippen molar-refractivity contribution in [1.82, 2.24) is 5.32 Å². The molecule has 1 aliphatic heterocycles. The lowest BCUT2D eigenvalue weighted by molar-refractivity contribution is -0.384. The van der Waals surface area contributed by atoms with Gasteiger partial charge in [-0.25, -0.2) is 9.69 Å². The van der Waals surface area contributed by atoms with Crippen LogP contribution in [0.25, 0.3) is 0 Å². The van der Waals surface area contributed by atoms with E-state index in [4.69, 9.17) is 0 Å². The Balaban J connectivity index is 2.05. The average Bonchev–Trinajstić information content (AvgIpc) is 2.93. The molecule has 2 aromatic rings. The van der Waals surface area contributed by atoms with E-state index in [0.717, 1.165) is 0 Å². The van der Waals surface area contributed by atoms with Crippen LogP contribution in [0.5, 0.6) is 0 Å². The number of aliphatic imine (C=N–C) groups is 1. The zero-order valence-electron chi connectivity index (χ0n) is 15.7. The number of non-ortho nitro benzene ring substituents is 1. The van der Waals surface area contributed by atoms with Gasteiger partial charge >= 0.3 is 6.03 Å². The fourth-order valence-electron chi connectivity index (χ4n) is 2.93. The lowest BCUT2D eigenvalue weighted by atomic mass is 9.88. The number of nitro benzene ring substituents is 1. The van der Waals surface area contributed by atoms with Crippen molar-refractivity contribution >= 4 is 29.1 Å². The maximum Gasteiger partial charge on any atom is 0.328 e. The molecule has 1 saturated heterocycles. The highest BCUT2D eigenvalue weighted by molar-refractivity contribution is 6.28. The van der Waals surface area contributed by atoms with Crippen LogP contribution in [-0.4, -0.2) is 28.2 Å². The monoisotopic (exact) mass is 380 g/mol. The van der Waals surface area contributed by atoms with E-state index in [1.54, 1.807) is 24.3 Å². The number of rotatable bonds is 4. The Morgan fingerprint density at radius 1 is 1.14 bits per heavy atom. The van der Waals surface area contributed by atoms with E-state index in [0.29, 0.717) is 11.5 Å². The van der Waals surface area contributed by atoms with E-state index in [1.165, 1.54) is 29.2 Å². The van der Waals surface area contributed by atoms with Crippen molar-refractivity contribution in [1.29, 1.82) is 0 Å². The van der Waals surface area contributed by atoms with Crippen LogP contribution in [0.1, 0.15) is 31.1 Å². The molecule has 0 radical (unpaired) electrons. The number of carbonyl (C=O) groups is 2. The van der Waals surface area contributed by atoms with Gasteiger partial charge in [-0.1, -0.05) is 32.0 Å². The third-order valence-corrected chi connectivity index (χ3v) is 4.95. The number of hydrogen-bond acceptors (Lipinski definition) is 4. The number of carbonyl (C=O) groups excluding carboxylic acids is 2. The fraction of sp³-hybridized carbons (Fsp3) is 0.250. The molecule has 1 heterocycles. The Labute approximate surface area is 162 Å². The smallest absolute Gasteiger partial charge is 0.325 e. The van der Waals surface area contributed by atoms with Crippen LogP contribution in [0.3, 0.4) is 0 Å². The first-order valence-electron chi connectivity index (χ1n) is 8.79. The largest absolute Gasteiger partial charge is 0.328 e. The molecular formula is C20H20N4O4. The molecule has 2 aromatic carbocycles. The predicted molar refractivity (Wildman–Crippen MR) is 106 cm³/mol. The second-order valence-electron chi connectivity index (χ2n) is 7.00. The fourth-order valence-corrected chi connectivity index (χ4v) is 2.93. The van der Waals surface area contributed by atoms with Crippen LogP contribution < -0.4 is 10.2 Å². The molecule has 144 valence electrons. The van der Waals surface area contributed by atoms with Gasteiger partial charge in [0.25, 0.3) is 11.6 Å². The number of nitrogens with zero attached hydrogens (tertiary/aromatic N) is 3. The highest BCUT2D eigenvalue weighted by Crippen LogP contribution is 2.31. The molecule has 1 N–H and O–H groups in total. The van der Waals surface area contributed by atoms with E-state index in [-0.39, 0.29) is 23.2 Å². The summed E-state index contributed by atoms with van der Waals surface area (Å²) < 4.78 is 0. The highest BCUT2D eigenvalue weighted by Gasteiger charge is 2.48. The standard InChI is InChI=1S/C20H20N4O4/c1-13(2)20(3)18(23(19(26)22-20)15-7-5-4-6-8-15)21-17(25)14-9-11-16(12-10-14)24(27)28/h4-13H,1-3H3,(H,22,26). The summed E-state index contributed by atoms with van der Waals surface area (Å²) in [5, 5.41) is 13.7. The van der Waals surface area contributed by atoms with Gasteiger partial charge in [0.1, 0.15) is 5.84 Å². The minimum Gasteiger partial charge on any atom is -0.325 e. The molecule has 3 rings (SSSR count). The van der Waals surface area contributed by atoms with Crippen LogP contribution in [0.2, 0.25) is 0 Å². The van der Waals surface area contributed by atoms with Crippen LogP contribution in [0.4, 0.5) is 16.2 Å². The number of benzene rings is 2. The first-order chi connectivity index (χ1) is 13.2. The second-order valence-corrected chi connectivity index (χ2v) is 7.00. The van der Waals surface area contributed by atoms with E-state index in [1.807, 2.05) is 26.8 Å². The predicted octanol–water partition coefficient (Wildman–Crippen LogP) is 3.78. The van der Waals surface area contributed by atoms with Crippen molar-refractivity contribution < 1.29 is 14.5 Å². The van der Waals surface area contributed by atoms with E-state index >= 15 is 0 Å². The molecule has 28 heavy (non-hydrogen) atoms. The van der Waals surface area contributed by atoms with Crippen molar-refractivity contribution in [3.8, 4) is 0 Å². The van der Waals surface area contributed by atoms with E-state index in [9.17, 15) is 19.7 Å². The maximum atomic E-state index is 12.8. The number of amides is 3. The van der Waals surface area contributed by atoms with Gasteiger partial charge in [0.15, 0.2) is 0 Å². The molecule has 8 heteroatoms. The van der Waals surface area contributed by atoms with Crippen molar-refractivity contribution in [2.75, 3.05) is 4.90 Å². The molecule has 0 bridgehead atoms. The molecule has 1 fully saturated rings. The van der Waals surface area contributed by atoms with E-state index in [2.05, 4.69) is 10.3 Å². The number of hydrogen-bond donors (Lipinski definition) is 1. The highest BCUT2D eigenvalue weighted by atomic mass is 16.6. The number of para-hydroxylation sites is 1. The van der Waals surface area contributed by atoms with Crippen LogP contribution in [0.15, 0.2) is 59.6 Å². The maximum absolute atomic E-state index is 12.8. The number of nitrogens with one attached hydrogen (secondary N) is 1. The Morgan fingerprint density at radius 2 is 1.75 bits per heavy atom. The van der Waals surface area contributed by atoms with Gasteiger partial charge in [0, 0.05) is 17.7 Å². The molecule has 1 aliphatic rings. The van der Waals surface area contributed by atoms with Crippen LogP contribution >= 0.6 is 0 Å². The Morgan fingerprint density at radius 3 is 2.29 bits per heavy atom. The van der Waals surface area contributed by atoms with Crippen molar-refractivity contribution in [3.63, 3.8) is 0 Å². The summed E-state index contributed by atoms with van der Waals surface area (Å²) in [6.45, 7) is 5.68. The topological polar surface area (TPSA) is 105 Å². The van der Waals surface area contributed by atoms with Crippen LogP contribution in [-0.2, 0) is 0 Å². The summed E-state index contributed by atoms with van der Waals surface area (Å²) in [7, 11) is 0. The third kappa shape index (κ3) is 3.36. The van der Waals surface area contributed by atoms with E-state index < -0.39 is 16.4 Å². The zero-order valence-corrected chi connectivity index (χ0v) is 15.7. The number of amidine groups is 1. The van der Waals surface area contributed by atoms with Crippen molar-refractivity contribution in [2.45, 2.75) is 26.3 Å². The van der Waals surface area contributed by atoms with Gasteiger partial charge in [-0.2, -0.15) is 4.99 Å². The molecule has 3 amide bonds. The molecular weight excluding hydrogens is 360 g/mol. The SMILES string of the molecule is CC(C)C1(C)NC(=O)N(c2ccccc2)C1=NC(=O)c1ccc([N+](=O)[O-])cc1. The quantitative estimate of drug-likeness (QED) is 0.644. The number of nitro groups is 1. The molecule has 0 aliphatic carbocycles. The molecule has 0 spiro atoms. The first-order valence-corrected chi connectivity index (χ1v) is 8.79.